The minimum atomic E-state index is -2.43. The summed E-state index contributed by atoms with van der Waals surface area (Å²) in [5.74, 6) is -7.93. The fourth-order valence-electron chi connectivity index (χ4n) is 10.1. The van der Waals surface area contributed by atoms with Gasteiger partial charge in [-0.2, -0.15) is 0 Å². The fourth-order valence-corrected chi connectivity index (χ4v) is 10.1. The topological polar surface area (TPSA) is 195 Å². The second-order valence-corrected chi connectivity index (χ2v) is 19.6. The van der Waals surface area contributed by atoms with E-state index in [2.05, 4.69) is 0 Å². The van der Waals surface area contributed by atoms with E-state index in [9.17, 15) is 39.3 Å². The highest BCUT2D eigenvalue weighted by atomic mass is 16.6. The van der Waals surface area contributed by atoms with E-state index in [0.717, 1.165) is 12.0 Å². The third kappa shape index (κ3) is 14.3. The number of carbonyl (C=O) groups excluding carboxylic acids is 5. The van der Waals surface area contributed by atoms with E-state index >= 15 is 0 Å². The Morgan fingerprint density at radius 3 is 2.26 bits per heavy atom. The largest absolute Gasteiger partial charge is 0.460 e. The van der Waals surface area contributed by atoms with Crippen LogP contribution in [0.25, 0.3) is 0 Å². The first kappa shape index (κ1) is 54.2. The fraction of sp³-hybridized carbons (Fsp3) is 0.745. The van der Waals surface area contributed by atoms with Crippen LogP contribution in [0.2, 0.25) is 0 Å². The predicted molar refractivity (Wildman–Crippen MR) is 245 cm³/mol. The monoisotopic (exact) mass is 914 g/mol. The number of aliphatic hydroxyl groups excluding tert-OH is 2. The Kier molecular flexibility index (Phi) is 21.0. The number of rotatable bonds is 6. The maximum Gasteiger partial charge on any atom is 0.329 e. The molecule has 0 aromatic carbocycles. The van der Waals surface area contributed by atoms with Crippen LogP contribution >= 0.6 is 0 Å². The number of esters is 1. The highest BCUT2D eigenvalue weighted by Gasteiger charge is 2.53. The molecular weight excluding hydrogens is 835 g/mol. The number of piperidine rings is 1. The number of ketones is 3. The van der Waals surface area contributed by atoms with Gasteiger partial charge in [-0.05, 0) is 107 Å². The third-order valence-corrected chi connectivity index (χ3v) is 14.5. The van der Waals surface area contributed by atoms with Gasteiger partial charge in [0.1, 0.15) is 18.2 Å². The molecular formula is C51H79NO13. The molecule has 65 heavy (non-hydrogen) atoms. The van der Waals surface area contributed by atoms with E-state index in [1.54, 1.807) is 41.1 Å². The van der Waals surface area contributed by atoms with Crippen LogP contribution in [0.1, 0.15) is 126 Å². The van der Waals surface area contributed by atoms with Crippen LogP contribution in [0, 0.1) is 35.5 Å². The number of allylic oxidation sites excluding steroid dienone is 6. The first-order valence-electron chi connectivity index (χ1n) is 23.9. The maximum absolute atomic E-state index is 14.4. The van der Waals surface area contributed by atoms with Crippen molar-refractivity contribution >= 4 is 29.2 Å². The molecule has 2 bridgehead atoms. The number of amides is 1. The Morgan fingerprint density at radius 2 is 1.58 bits per heavy atom. The number of aliphatic hydroxyl groups is 3. The number of hydrogen-bond donors (Lipinski definition) is 3. The minimum absolute atomic E-state index is 0.0220. The Labute approximate surface area is 387 Å². The van der Waals surface area contributed by atoms with Crippen molar-refractivity contribution < 1.29 is 63.0 Å². The Balaban J connectivity index is 1.70. The van der Waals surface area contributed by atoms with Crippen molar-refractivity contribution in [1.82, 2.24) is 4.90 Å². The Morgan fingerprint density at radius 1 is 0.862 bits per heavy atom. The number of cyclic esters (lactones) is 1. The standard InChI is InChI=1S/C51H79NO13/c1-30-16-12-11-13-17-31(2)42(61-8)28-38-21-19-36(7)51(60,65-38)48(57)49(58)52-23-15-14-18-39(52)50(59)64-43(33(4)26-37-20-22-40(53)44(27-37)62-9)29-41(54)32(3)25-35(6)46(56)47(63-10)45(55)34(5)24-30/h11-13,16-17,25,30,33-40,42-44,46-47,53,56,60H,14-15,18-24,26-29H2,1-10H3/b13-11?,16-12?,31-17?,32-25+/t30-,33-,34-,35?,36-,37+,38+,39?,40-,42+,43+,44-,46-,47+,51-/m1/s1. The summed E-state index contributed by atoms with van der Waals surface area (Å²) in [6.07, 6.45) is 11.2. The smallest absolute Gasteiger partial charge is 0.329 e. The summed E-state index contributed by atoms with van der Waals surface area (Å²) in [4.78, 5) is 71.7. The molecule has 0 aromatic rings. The summed E-state index contributed by atoms with van der Waals surface area (Å²) < 4.78 is 29.4. The van der Waals surface area contributed by atoms with Crippen LogP contribution in [0.5, 0.6) is 0 Å². The van der Waals surface area contributed by atoms with E-state index in [-0.39, 0.29) is 54.8 Å². The molecule has 4 rings (SSSR count). The van der Waals surface area contributed by atoms with Crippen LogP contribution in [0.15, 0.2) is 47.6 Å². The van der Waals surface area contributed by atoms with E-state index in [4.69, 9.17) is 23.7 Å². The quantitative estimate of drug-likeness (QED) is 0.202. The van der Waals surface area contributed by atoms with E-state index in [1.165, 1.54) is 12.0 Å². The van der Waals surface area contributed by atoms with Crippen molar-refractivity contribution in [2.45, 2.75) is 180 Å². The third-order valence-electron chi connectivity index (χ3n) is 14.5. The Hall–Kier alpha value is -3.37. The molecule has 1 aliphatic carbocycles. The number of methoxy groups -OCH3 is 3. The van der Waals surface area contributed by atoms with E-state index in [1.807, 2.05) is 58.1 Å². The van der Waals surface area contributed by atoms with Crippen molar-refractivity contribution in [1.29, 1.82) is 0 Å². The summed E-state index contributed by atoms with van der Waals surface area (Å²) in [5, 5.41) is 33.9. The summed E-state index contributed by atoms with van der Waals surface area (Å²) in [6.45, 7) is 12.7. The van der Waals surface area contributed by atoms with Gasteiger partial charge in [-0.15, -0.1) is 0 Å². The second kappa shape index (κ2) is 25.1. The lowest BCUT2D eigenvalue weighted by molar-refractivity contribution is -0.265. The van der Waals surface area contributed by atoms with Crippen molar-refractivity contribution in [2.24, 2.45) is 35.5 Å². The first-order chi connectivity index (χ1) is 30.7. The van der Waals surface area contributed by atoms with Gasteiger partial charge >= 0.3 is 5.97 Å². The molecule has 3 aliphatic heterocycles. The molecule has 366 valence electrons. The van der Waals surface area contributed by atoms with Gasteiger partial charge in [0.15, 0.2) is 11.6 Å². The van der Waals surface area contributed by atoms with Gasteiger partial charge in [0.25, 0.3) is 11.7 Å². The zero-order chi connectivity index (χ0) is 48.2. The van der Waals surface area contributed by atoms with Crippen LogP contribution in [-0.4, -0.2) is 132 Å². The van der Waals surface area contributed by atoms with Gasteiger partial charge in [-0.25, -0.2) is 4.79 Å². The van der Waals surface area contributed by atoms with E-state index < -0.39 is 83.9 Å². The lowest BCUT2D eigenvalue weighted by Crippen LogP contribution is -2.61. The normalized spacial score (nSPS) is 38.6. The van der Waals surface area contributed by atoms with Gasteiger partial charge in [-0.3, -0.25) is 19.2 Å². The number of fused-ring (bicyclic) bond motifs is 3. The van der Waals surface area contributed by atoms with E-state index in [0.29, 0.717) is 63.4 Å². The maximum atomic E-state index is 14.4. The molecule has 0 aromatic heterocycles. The molecule has 1 saturated carbocycles. The molecule has 1 amide bonds. The number of ether oxygens (including phenoxy) is 5. The van der Waals surface area contributed by atoms with Crippen molar-refractivity contribution in [3.05, 3.63) is 47.6 Å². The highest BCUT2D eigenvalue weighted by molar-refractivity contribution is 6.39. The molecule has 2 saturated heterocycles. The summed E-state index contributed by atoms with van der Waals surface area (Å²) in [5.41, 5.74) is 1.19. The molecule has 0 radical (unpaired) electrons. The molecule has 3 N–H and O–H groups in total. The SMILES string of the molecule is CO[C@H]1C[C@@H]2CC[C@@H](C)[C@@](O)(O2)C(=O)C(=O)N2CCCCC2C(=O)O[C@H]([C@H](C)C[C@@H]2CC[C@@H](O)[C@H](OC)C2)CC(=O)/C(C)=C/C(C)[C@@H](O)[C@@H](OC)C(=O)[C@H](C)C[C@H](C)C=CC=CC=C1C. The molecule has 3 fully saturated rings. The molecule has 4 aliphatic rings. The van der Waals surface area contributed by atoms with Crippen LogP contribution < -0.4 is 0 Å². The zero-order valence-corrected chi connectivity index (χ0v) is 40.6. The second-order valence-electron chi connectivity index (χ2n) is 19.6. The van der Waals surface area contributed by atoms with Gasteiger partial charge in [0.2, 0.25) is 5.79 Å². The van der Waals surface area contributed by atoms with Gasteiger partial charge < -0.3 is 43.9 Å². The van der Waals surface area contributed by atoms with Crippen LogP contribution in [0.3, 0.4) is 0 Å². The minimum Gasteiger partial charge on any atom is -0.460 e. The zero-order valence-electron chi connectivity index (χ0n) is 40.6. The van der Waals surface area contributed by atoms with Gasteiger partial charge in [0.05, 0.1) is 30.5 Å². The van der Waals surface area contributed by atoms with Gasteiger partial charge in [0, 0.05) is 58.5 Å². The summed E-state index contributed by atoms with van der Waals surface area (Å²) in [6, 6.07) is -1.14. The number of nitrogens with zero attached hydrogens (tertiary/aromatic N) is 1. The lowest BCUT2D eigenvalue weighted by atomic mass is 9.78. The van der Waals surface area contributed by atoms with Crippen molar-refractivity contribution in [2.75, 3.05) is 27.9 Å². The Bertz CT molecular complexity index is 1760. The summed E-state index contributed by atoms with van der Waals surface area (Å²) >= 11 is 0. The molecule has 3 heterocycles. The first-order valence-corrected chi connectivity index (χ1v) is 23.9. The number of hydrogen-bond acceptors (Lipinski definition) is 13. The molecule has 15 atom stereocenters. The van der Waals surface area contributed by atoms with Gasteiger partial charge in [-0.1, -0.05) is 71.1 Å². The molecule has 0 spiro atoms. The average Bonchev–Trinajstić information content (AvgIpc) is 3.28. The lowest BCUT2D eigenvalue weighted by Gasteiger charge is -2.42. The molecule has 2 unspecified atom stereocenters. The van der Waals surface area contributed by atoms with Crippen LogP contribution in [-0.2, 0) is 47.7 Å². The highest BCUT2D eigenvalue weighted by Crippen LogP contribution is 2.38. The number of carbonyl (C=O) groups is 5. The number of Topliss-reactive ketones (excluding diaryl/α,β-unsaturated/α-hetero) is 3. The van der Waals surface area contributed by atoms with Crippen LogP contribution in [0.4, 0.5) is 0 Å². The predicted octanol–water partition coefficient (Wildman–Crippen LogP) is 6.18. The average molecular weight is 914 g/mol. The molecule has 14 heteroatoms. The molecule has 14 nitrogen and oxygen atoms in total. The van der Waals surface area contributed by atoms with Crippen molar-refractivity contribution in [3.8, 4) is 0 Å². The summed E-state index contributed by atoms with van der Waals surface area (Å²) in [7, 11) is 4.53. The van der Waals surface area contributed by atoms with Crippen molar-refractivity contribution in [3.63, 3.8) is 0 Å².